The number of thiophene rings is 1. The van der Waals surface area contributed by atoms with Crippen LogP contribution in [0.1, 0.15) is 33.6 Å². The van der Waals surface area contributed by atoms with Crippen LogP contribution in [0.15, 0.2) is 29.4 Å². The van der Waals surface area contributed by atoms with Crippen molar-refractivity contribution in [3.05, 3.63) is 45.6 Å². The van der Waals surface area contributed by atoms with E-state index in [1.54, 1.807) is 11.0 Å². The molecule has 8 nitrogen and oxygen atoms in total. The van der Waals surface area contributed by atoms with Crippen molar-refractivity contribution in [1.82, 2.24) is 19.6 Å². The maximum Gasteiger partial charge on any atom is 0.254 e. The van der Waals surface area contributed by atoms with Crippen LogP contribution in [0.2, 0.25) is 5.02 Å². The lowest BCUT2D eigenvalue weighted by molar-refractivity contribution is 0.0737. The minimum absolute atomic E-state index is 0.0468. The van der Waals surface area contributed by atoms with Gasteiger partial charge in [-0.25, -0.2) is 23.1 Å². The summed E-state index contributed by atoms with van der Waals surface area (Å²) in [6.07, 6.45) is 3.71. The Morgan fingerprint density at radius 1 is 1.30 bits per heavy atom. The maximum atomic E-state index is 13.1. The summed E-state index contributed by atoms with van der Waals surface area (Å²) in [5.41, 5.74) is 7.40. The minimum atomic E-state index is -3.76. The molecular weight excluding hydrogens is 446 g/mol. The molecule has 1 aromatic carbocycles. The molecule has 0 unspecified atom stereocenters. The summed E-state index contributed by atoms with van der Waals surface area (Å²) < 4.78 is 27.8. The largest absolute Gasteiger partial charge is 0.383 e. The molecule has 0 bridgehead atoms. The number of sulfonamides is 1. The molecule has 0 spiro atoms. The number of aromatic nitrogens is 2. The van der Waals surface area contributed by atoms with Crippen molar-refractivity contribution in [1.29, 1.82) is 0 Å². The first-order valence-electron chi connectivity index (χ1n) is 9.45. The number of nitrogens with two attached hydrogens (primary N) is 1. The summed E-state index contributed by atoms with van der Waals surface area (Å²) in [5.74, 6) is 0.213. The third-order valence-electron chi connectivity index (χ3n) is 5.32. The van der Waals surface area contributed by atoms with E-state index in [1.165, 1.54) is 29.8 Å². The fraction of sp³-hybridized carbons (Fsp3) is 0.316. The number of hydrogen-bond acceptors (Lipinski definition) is 7. The molecule has 0 saturated heterocycles. The van der Waals surface area contributed by atoms with Gasteiger partial charge in [0.2, 0.25) is 10.0 Å². The molecule has 2 aromatic heterocycles. The Hall–Kier alpha value is -2.27. The average Bonchev–Trinajstić information content (AvgIpc) is 3.43. The van der Waals surface area contributed by atoms with Gasteiger partial charge in [-0.05, 0) is 43.0 Å². The first-order chi connectivity index (χ1) is 14.3. The quantitative estimate of drug-likeness (QED) is 0.613. The van der Waals surface area contributed by atoms with Crippen molar-refractivity contribution >= 4 is 54.9 Å². The number of nitrogens with one attached hydrogen (secondary N) is 1. The predicted octanol–water partition coefficient (Wildman–Crippen LogP) is 2.57. The summed E-state index contributed by atoms with van der Waals surface area (Å²) in [6, 6.07) is 4.33. The lowest BCUT2D eigenvalue weighted by Gasteiger charge is -2.27. The number of nitrogen functional groups attached to an aromatic ring is 1. The zero-order valence-corrected chi connectivity index (χ0v) is 18.1. The Kier molecular flexibility index (Phi) is 4.69. The Morgan fingerprint density at radius 2 is 2.10 bits per heavy atom. The number of halogens is 1. The summed E-state index contributed by atoms with van der Waals surface area (Å²) >= 11 is 7.64. The Labute approximate surface area is 182 Å². The van der Waals surface area contributed by atoms with Crippen molar-refractivity contribution < 1.29 is 13.2 Å². The highest BCUT2D eigenvalue weighted by atomic mass is 35.5. The Morgan fingerprint density at radius 3 is 2.87 bits per heavy atom. The van der Waals surface area contributed by atoms with Crippen LogP contribution in [0.25, 0.3) is 10.2 Å². The zero-order chi connectivity index (χ0) is 21.0. The summed E-state index contributed by atoms with van der Waals surface area (Å²) in [6.45, 7) is 0.913. The molecule has 0 radical (unpaired) electrons. The molecule has 3 aromatic rings. The van der Waals surface area contributed by atoms with Gasteiger partial charge in [-0.3, -0.25) is 4.79 Å². The van der Waals surface area contributed by atoms with Crippen LogP contribution in [-0.2, 0) is 23.0 Å². The highest BCUT2D eigenvalue weighted by Crippen LogP contribution is 2.36. The van der Waals surface area contributed by atoms with Crippen LogP contribution >= 0.6 is 22.9 Å². The van der Waals surface area contributed by atoms with E-state index in [2.05, 4.69) is 14.7 Å². The van der Waals surface area contributed by atoms with Crippen LogP contribution in [0.5, 0.6) is 0 Å². The number of anilines is 1. The molecule has 11 heteroatoms. The van der Waals surface area contributed by atoms with Gasteiger partial charge < -0.3 is 10.6 Å². The van der Waals surface area contributed by atoms with Crippen molar-refractivity contribution in [2.45, 2.75) is 36.7 Å². The Bertz CT molecular complexity index is 1290. The number of carbonyl (C=O) groups is 1. The highest BCUT2D eigenvalue weighted by molar-refractivity contribution is 7.89. The summed E-state index contributed by atoms with van der Waals surface area (Å²) in [5, 5.41) is 0.967. The fourth-order valence-corrected chi connectivity index (χ4v) is 6.68. The minimum Gasteiger partial charge on any atom is -0.383 e. The van der Waals surface area contributed by atoms with E-state index in [0.29, 0.717) is 30.9 Å². The standard InChI is InChI=1S/C19H18ClN5O3S2/c20-13-4-1-10(7-15(13)30(27,28)24-11-2-3-11)19(26)25-6-5-12-14(8-25)29-18-16(12)17(21)22-9-23-18/h1,4,7,9,11,24H,2-3,5-6,8H2,(H2,21,22,23). The topological polar surface area (TPSA) is 118 Å². The molecular formula is C19H18ClN5O3S2. The molecule has 3 N–H and O–H groups in total. The van der Waals surface area contributed by atoms with Gasteiger partial charge in [-0.1, -0.05) is 11.6 Å². The van der Waals surface area contributed by atoms with Gasteiger partial charge in [-0.2, -0.15) is 0 Å². The van der Waals surface area contributed by atoms with E-state index < -0.39 is 10.0 Å². The molecule has 30 heavy (non-hydrogen) atoms. The second-order valence-corrected chi connectivity index (χ2v) is 10.6. The lowest BCUT2D eigenvalue weighted by Crippen LogP contribution is -2.35. The molecule has 5 rings (SSSR count). The SMILES string of the molecule is Nc1ncnc2sc3c(c12)CCN(C(=O)c1ccc(Cl)c(S(=O)(=O)NC2CC2)c1)C3. The van der Waals surface area contributed by atoms with Crippen molar-refractivity contribution in [3.63, 3.8) is 0 Å². The summed E-state index contributed by atoms with van der Waals surface area (Å²) in [7, 11) is -3.76. The van der Waals surface area contributed by atoms with Crippen molar-refractivity contribution in [2.75, 3.05) is 12.3 Å². The van der Waals surface area contributed by atoms with Gasteiger partial charge in [-0.15, -0.1) is 11.3 Å². The molecule has 2 aliphatic rings. The summed E-state index contributed by atoms with van der Waals surface area (Å²) in [4.78, 5) is 25.0. The van der Waals surface area contributed by atoms with Crippen LogP contribution in [0, 0.1) is 0 Å². The number of nitrogens with zero attached hydrogens (tertiary/aromatic N) is 3. The van der Waals surface area contributed by atoms with E-state index in [-0.39, 0.29) is 21.9 Å². The van der Waals surface area contributed by atoms with Crippen LogP contribution in [0.4, 0.5) is 5.82 Å². The number of fused-ring (bicyclic) bond motifs is 3. The van der Waals surface area contributed by atoms with Crippen LogP contribution in [-0.4, -0.2) is 41.8 Å². The van der Waals surface area contributed by atoms with Gasteiger partial charge in [0.05, 0.1) is 17.0 Å². The van der Waals surface area contributed by atoms with E-state index in [1.807, 2.05) is 0 Å². The van der Waals surface area contributed by atoms with E-state index in [9.17, 15) is 13.2 Å². The molecule has 1 saturated carbocycles. The number of benzene rings is 1. The van der Waals surface area contributed by atoms with E-state index in [4.69, 9.17) is 17.3 Å². The lowest BCUT2D eigenvalue weighted by atomic mass is 10.0. The van der Waals surface area contributed by atoms with E-state index >= 15 is 0 Å². The van der Waals surface area contributed by atoms with Gasteiger partial charge in [0.15, 0.2) is 0 Å². The zero-order valence-electron chi connectivity index (χ0n) is 15.8. The monoisotopic (exact) mass is 463 g/mol. The third-order valence-corrected chi connectivity index (χ3v) is 8.45. The molecule has 1 aliphatic heterocycles. The van der Waals surface area contributed by atoms with Crippen LogP contribution in [0.3, 0.4) is 0 Å². The molecule has 1 amide bonds. The number of amides is 1. The second kappa shape index (κ2) is 7.16. The molecule has 1 aliphatic carbocycles. The van der Waals surface area contributed by atoms with Crippen molar-refractivity contribution in [3.8, 4) is 0 Å². The predicted molar refractivity (Wildman–Crippen MR) is 115 cm³/mol. The van der Waals surface area contributed by atoms with E-state index in [0.717, 1.165) is 33.5 Å². The van der Waals surface area contributed by atoms with Crippen LogP contribution < -0.4 is 10.5 Å². The number of hydrogen-bond donors (Lipinski definition) is 2. The average molecular weight is 464 g/mol. The van der Waals surface area contributed by atoms with Gasteiger partial charge >= 0.3 is 0 Å². The highest BCUT2D eigenvalue weighted by Gasteiger charge is 2.31. The first-order valence-corrected chi connectivity index (χ1v) is 12.1. The van der Waals surface area contributed by atoms with Gasteiger partial charge in [0, 0.05) is 23.0 Å². The van der Waals surface area contributed by atoms with Gasteiger partial charge in [0.1, 0.15) is 21.9 Å². The fourth-order valence-electron chi connectivity index (χ4n) is 3.63. The maximum absolute atomic E-state index is 13.1. The van der Waals surface area contributed by atoms with Crippen molar-refractivity contribution in [2.24, 2.45) is 0 Å². The second-order valence-electron chi connectivity index (χ2n) is 7.46. The normalized spacial score (nSPS) is 16.6. The number of carbonyl (C=O) groups excluding carboxylic acids is 1. The third kappa shape index (κ3) is 3.43. The number of rotatable bonds is 4. The molecule has 0 atom stereocenters. The first kappa shape index (κ1) is 19.7. The molecule has 156 valence electrons. The Balaban J connectivity index is 1.44. The van der Waals surface area contributed by atoms with Gasteiger partial charge in [0.25, 0.3) is 5.91 Å². The molecule has 3 heterocycles. The smallest absolute Gasteiger partial charge is 0.254 e. The molecule has 1 fully saturated rings.